The highest BCUT2D eigenvalue weighted by atomic mass is 19.1. The fraction of sp³-hybridized carbons (Fsp3) is 0.217. The summed E-state index contributed by atoms with van der Waals surface area (Å²) in [4.78, 5) is 29.0. The van der Waals surface area contributed by atoms with E-state index in [2.05, 4.69) is 10.1 Å². The van der Waals surface area contributed by atoms with E-state index in [0.717, 1.165) is 6.07 Å². The van der Waals surface area contributed by atoms with Crippen LogP contribution in [0.1, 0.15) is 25.5 Å². The Morgan fingerprint density at radius 1 is 1.06 bits per heavy atom. The number of aromatic hydroxyl groups is 1. The van der Waals surface area contributed by atoms with E-state index in [-0.39, 0.29) is 35.1 Å². The highest BCUT2D eigenvalue weighted by Crippen LogP contribution is 2.23. The highest BCUT2D eigenvalue weighted by molar-refractivity contribution is 5.63. The lowest BCUT2D eigenvalue weighted by Gasteiger charge is -2.12. The topological polar surface area (TPSA) is 94.9 Å². The van der Waals surface area contributed by atoms with Crippen molar-refractivity contribution in [1.29, 1.82) is 0 Å². The lowest BCUT2D eigenvalue weighted by atomic mass is 10.0. The molecule has 0 radical (unpaired) electrons. The zero-order chi connectivity index (χ0) is 23.0. The van der Waals surface area contributed by atoms with Gasteiger partial charge in [-0.3, -0.25) is 18.8 Å². The molecule has 4 aromatic rings. The molecule has 0 saturated heterocycles. The smallest absolute Gasteiger partial charge is 0.258 e. The van der Waals surface area contributed by atoms with Gasteiger partial charge in [0.2, 0.25) is 5.88 Å². The van der Waals surface area contributed by atoms with Crippen molar-refractivity contribution in [3.8, 4) is 28.5 Å². The number of pyridine rings is 1. The van der Waals surface area contributed by atoms with Crippen LogP contribution < -0.4 is 11.1 Å². The number of nitrogens with zero attached hydrogens (tertiary/aromatic N) is 5. The first-order valence-electron chi connectivity index (χ1n) is 10.1. The monoisotopic (exact) mass is 435 g/mol. The highest BCUT2D eigenvalue weighted by Gasteiger charge is 2.16. The van der Waals surface area contributed by atoms with Gasteiger partial charge in [0.05, 0.1) is 18.2 Å². The third-order valence-corrected chi connectivity index (χ3v) is 5.15. The molecular weight excluding hydrogens is 413 g/mol. The Labute approximate surface area is 182 Å². The van der Waals surface area contributed by atoms with Crippen LogP contribution in [0.15, 0.2) is 64.4 Å². The van der Waals surface area contributed by atoms with Crippen LogP contribution in [0.4, 0.5) is 4.39 Å². The number of aromatic nitrogens is 5. The normalized spacial score (nSPS) is 11.3. The van der Waals surface area contributed by atoms with Gasteiger partial charge in [0.25, 0.3) is 11.1 Å². The molecule has 1 aromatic carbocycles. The fourth-order valence-electron chi connectivity index (χ4n) is 3.45. The van der Waals surface area contributed by atoms with E-state index >= 15 is 0 Å². The summed E-state index contributed by atoms with van der Waals surface area (Å²) in [6.45, 7) is 3.94. The van der Waals surface area contributed by atoms with Crippen molar-refractivity contribution in [1.82, 2.24) is 23.9 Å². The molecule has 0 amide bonds. The van der Waals surface area contributed by atoms with Gasteiger partial charge in [-0.05, 0) is 43.7 Å². The molecule has 0 bridgehead atoms. The lowest BCUT2D eigenvalue weighted by molar-refractivity contribution is 0.448. The Hall–Kier alpha value is -4.01. The van der Waals surface area contributed by atoms with Crippen LogP contribution in [0.2, 0.25) is 0 Å². The van der Waals surface area contributed by atoms with Gasteiger partial charge in [-0.1, -0.05) is 12.1 Å². The summed E-state index contributed by atoms with van der Waals surface area (Å²) < 4.78 is 19.3. The van der Waals surface area contributed by atoms with Gasteiger partial charge in [-0.2, -0.15) is 10.1 Å². The third-order valence-electron chi connectivity index (χ3n) is 5.15. The number of hydrogen-bond donors (Lipinski definition) is 1. The van der Waals surface area contributed by atoms with Crippen molar-refractivity contribution in [2.75, 3.05) is 0 Å². The fourth-order valence-corrected chi connectivity index (χ4v) is 3.45. The lowest BCUT2D eigenvalue weighted by Crippen LogP contribution is -2.23. The number of benzene rings is 1. The molecule has 4 rings (SSSR count). The molecule has 0 fully saturated rings. The molecule has 3 aromatic heterocycles. The number of halogens is 1. The standard InChI is InChI=1S/C23H22FN5O3/c1-14(2)29-10-8-19(26-29)22-25-20(30)12-21(31)28(22)13-15-6-7-16(18(24)11-15)17-5-4-9-27(3)23(17)32/h4-12,14,30H,13H2,1-3H3. The SMILES string of the molecule is CC(C)n1ccc(-c2nc(O)cc(=O)n2Cc2ccc(-c3cccn(C)c3=O)c(F)c2)n1. The number of aryl methyl sites for hydroxylation is 1. The Kier molecular flexibility index (Phi) is 5.48. The van der Waals surface area contributed by atoms with Crippen molar-refractivity contribution in [3.63, 3.8) is 0 Å². The van der Waals surface area contributed by atoms with Crippen molar-refractivity contribution in [2.24, 2.45) is 7.05 Å². The minimum Gasteiger partial charge on any atom is -0.493 e. The van der Waals surface area contributed by atoms with Crippen molar-refractivity contribution in [2.45, 2.75) is 26.4 Å². The summed E-state index contributed by atoms with van der Waals surface area (Å²) in [7, 11) is 1.60. The van der Waals surface area contributed by atoms with Gasteiger partial charge in [-0.15, -0.1) is 0 Å². The summed E-state index contributed by atoms with van der Waals surface area (Å²) in [6.07, 6.45) is 3.36. The molecule has 0 aliphatic carbocycles. The van der Waals surface area contributed by atoms with Gasteiger partial charge in [-0.25, -0.2) is 4.39 Å². The second kappa shape index (κ2) is 8.26. The maximum absolute atomic E-state index is 14.9. The molecule has 32 heavy (non-hydrogen) atoms. The number of rotatable bonds is 5. The Balaban J connectivity index is 1.75. The molecule has 0 atom stereocenters. The molecule has 3 heterocycles. The molecule has 0 saturated carbocycles. The van der Waals surface area contributed by atoms with Crippen LogP contribution >= 0.6 is 0 Å². The Morgan fingerprint density at radius 2 is 1.84 bits per heavy atom. The zero-order valence-electron chi connectivity index (χ0n) is 17.9. The average Bonchev–Trinajstić information content (AvgIpc) is 3.23. The first-order chi connectivity index (χ1) is 15.2. The largest absolute Gasteiger partial charge is 0.493 e. The van der Waals surface area contributed by atoms with Gasteiger partial charge in [0, 0.05) is 31.0 Å². The maximum Gasteiger partial charge on any atom is 0.258 e. The second-order valence-electron chi connectivity index (χ2n) is 7.79. The summed E-state index contributed by atoms with van der Waals surface area (Å²) in [5, 5.41) is 14.3. The van der Waals surface area contributed by atoms with E-state index in [0.29, 0.717) is 11.3 Å². The van der Waals surface area contributed by atoms with Gasteiger partial charge in [0.15, 0.2) is 5.82 Å². The second-order valence-corrected chi connectivity index (χ2v) is 7.79. The molecule has 164 valence electrons. The minimum absolute atomic E-state index is 0.0139. The summed E-state index contributed by atoms with van der Waals surface area (Å²) in [6, 6.07) is 10.5. The van der Waals surface area contributed by atoms with Gasteiger partial charge >= 0.3 is 0 Å². The van der Waals surface area contributed by atoms with Crippen LogP contribution in [0.5, 0.6) is 5.88 Å². The van der Waals surface area contributed by atoms with Crippen LogP contribution in [0.25, 0.3) is 22.6 Å². The van der Waals surface area contributed by atoms with E-state index in [1.807, 2.05) is 13.8 Å². The maximum atomic E-state index is 14.9. The third kappa shape index (κ3) is 3.96. The first-order valence-corrected chi connectivity index (χ1v) is 10.1. The van der Waals surface area contributed by atoms with E-state index in [1.54, 1.807) is 48.4 Å². The molecule has 0 aliphatic rings. The zero-order valence-corrected chi connectivity index (χ0v) is 17.9. The average molecular weight is 435 g/mol. The van der Waals surface area contributed by atoms with E-state index < -0.39 is 17.3 Å². The Bertz CT molecular complexity index is 1420. The minimum atomic E-state index is -0.573. The van der Waals surface area contributed by atoms with E-state index in [4.69, 9.17) is 0 Å². The van der Waals surface area contributed by atoms with Crippen LogP contribution in [0.3, 0.4) is 0 Å². The molecule has 0 aliphatic heterocycles. The van der Waals surface area contributed by atoms with Crippen molar-refractivity contribution < 1.29 is 9.50 Å². The van der Waals surface area contributed by atoms with Crippen LogP contribution in [-0.2, 0) is 13.6 Å². The molecular formula is C23H22FN5O3. The number of hydrogen-bond acceptors (Lipinski definition) is 5. The van der Waals surface area contributed by atoms with Crippen molar-refractivity contribution >= 4 is 0 Å². The first kappa shape index (κ1) is 21.2. The predicted molar refractivity (Wildman–Crippen MR) is 118 cm³/mol. The van der Waals surface area contributed by atoms with Gasteiger partial charge in [0.1, 0.15) is 11.5 Å². The Morgan fingerprint density at radius 3 is 2.53 bits per heavy atom. The summed E-state index contributed by atoms with van der Waals surface area (Å²) in [5.41, 5.74) is 0.549. The molecule has 1 N–H and O–H groups in total. The van der Waals surface area contributed by atoms with Gasteiger partial charge < -0.3 is 9.67 Å². The molecule has 0 unspecified atom stereocenters. The molecule has 9 heteroatoms. The molecule has 8 nitrogen and oxygen atoms in total. The molecule has 0 spiro atoms. The van der Waals surface area contributed by atoms with E-state index in [1.165, 1.54) is 21.3 Å². The van der Waals surface area contributed by atoms with Crippen LogP contribution in [-0.4, -0.2) is 29.0 Å². The predicted octanol–water partition coefficient (Wildman–Crippen LogP) is 2.95. The van der Waals surface area contributed by atoms with E-state index in [9.17, 15) is 19.1 Å². The summed E-state index contributed by atoms with van der Waals surface area (Å²) in [5.74, 6) is -0.811. The van der Waals surface area contributed by atoms with Crippen molar-refractivity contribution in [3.05, 3.63) is 86.9 Å². The summed E-state index contributed by atoms with van der Waals surface area (Å²) >= 11 is 0. The quantitative estimate of drug-likeness (QED) is 0.520. The van der Waals surface area contributed by atoms with Crippen LogP contribution in [0, 0.1) is 5.82 Å².